The molecule has 2 rings (SSSR count). The van der Waals surface area contributed by atoms with Crippen LogP contribution in [0.3, 0.4) is 0 Å². The number of benzene rings is 1. The maximum atomic E-state index is 11.8. The largest absolute Gasteiger partial charge is 0.461 e. The molecule has 0 saturated heterocycles. The van der Waals surface area contributed by atoms with Crippen LogP contribution in [0.5, 0.6) is 0 Å². The summed E-state index contributed by atoms with van der Waals surface area (Å²) in [6.07, 6.45) is 2.30. The van der Waals surface area contributed by atoms with E-state index in [1.54, 1.807) is 13.1 Å². The van der Waals surface area contributed by atoms with Crippen LogP contribution in [0.4, 0.5) is 0 Å². The van der Waals surface area contributed by atoms with Crippen LogP contribution < -0.4 is 0 Å². The lowest BCUT2D eigenvalue weighted by Crippen LogP contribution is -2.10. The van der Waals surface area contributed by atoms with E-state index in [1.165, 1.54) is 0 Å². The number of nitrogens with zero attached hydrogens (tertiary/aromatic N) is 1. The first-order valence-corrected chi connectivity index (χ1v) is 5.96. The fourth-order valence-corrected chi connectivity index (χ4v) is 1.78. The van der Waals surface area contributed by atoms with E-state index >= 15 is 0 Å². The number of halogens is 1. The predicted octanol–water partition coefficient (Wildman–Crippen LogP) is 3.27. The van der Waals surface area contributed by atoms with Gasteiger partial charge in [-0.1, -0.05) is 36.4 Å². The molecule has 0 saturated carbocycles. The highest BCUT2D eigenvalue weighted by Gasteiger charge is 2.13. The molecule has 0 amide bonds. The molecule has 0 fully saturated rings. The van der Waals surface area contributed by atoms with Gasteiger partial charge in [0.25, 0.3) is 0 Å². The molecule has 3 nitrogen and oxygen atoms in total. The zero-order chi connectivity index (χ0) is 12.8. The molecular formula is C15H16ClNO2. The van der Waals surface area contributed by atoms with Gasteiger partial charge in [-0.3, -0.25) is 0 Å². The molecule has 1 aromatic carbocycles. The Morgan fingerprint density at radius 3 is 2.58 bits per heavy atom. The first kappa shape index (κ1) is 15.2. The van der Waals surface area contributed by atoms with Gasteiger partial charge in [-0.25, -0.2) is 9.78 Å². The summed E-state index contributed by atoms with van der Waals surface area (Å²) < 4.78 is 5.00. The van der Waals surface area contributed by atoms with Crippen molar-refractivity contribution in [1.29, 1.82) is 0 Å². The van der Waals surface area contributed by atoms with Gasteiger partial charge in [-0.2, -0.15) is 0 Å². The Bertz CT molecular complexity index is 529. The van der Waals surface area contributed by atoms with E-state index in [0.29, 0.717) is 18.7 Å². The maximum absolute atomic E-state index is 11.8. The van der Waals surface area contributed by atoms with Crippen LogP contribution in [0.15, 0.2) is 48.7 Å². The lowest BCUT2D eigenvalue weighted by Gasteiger charge is -2.07. The van der Waals surface area contributed by atoms with E-state index in [9.17, 15) is 4.79 Å². The lowest BCUT2D eigenvalue weighted by molar-refractivity contribution is 0.0518. The fraction of sp³-hybridized carbons (Fsp3) is 0.200. The molecule has 4 heteroatoms. The molecule has 0 spiro atoms. The Hall–Kier alpha value is -1.87. The average molecular weight is 278 g/mol. The SMILES string of the molecule is CCOC(=O)c1ncccc1Cc1ccccc1.Cl. The highest BCUT2D eigenvalue weighted by Crippen LogP contribution is 2.13. The molecule has 0 aliphatic heterocycles. The molecule has 0 unspecified atom stereocenters. The molecule has 1 heterocycles. The number of carbonyl (C=O) groups is 1. The van der Waals surface area contributed by atoms with Crippen LogP contribution in [-0.4, -0.2) is 17.6 Å². The quantitative estimate of drug-likeness (QED) is 0.805. The summed E-state index contributed by atoms with van der Waals surface area (Å²) in [6.45, 7) is 2.15. The van der Waals surface area contributed by atoms with Gasteiger partial charge in [0, 0.05) is 6.20 Å². The predicted molar refractivity (Wildman–Crippen MR) is 76.7 cm³/mol. The van der Waals surface area contributed by atoms with E-state index in [4.69, 9.17) is 4.74 Å². The molecule has 2 aromatic rings. The molecule has 0 N–H and O–H groups in total. The Labute approximate surface area is 119 Å². The standard InChI is InChI=1S/C15H15NO2.ClH/c1-2-18-15(17)14-13(9-6-10-16-14)11-12-7-4-3-5-8-12;/h3-10H,2,11H2,1H3;1H. The average Bonchev–Trinajstić information content (AvgIpc) is 2.41. The maximum Gasteiger partial charge on any atom is 0.357 e. The minimum Gasteiger partial charge on any atom is -0.461 e. The van der Waals surface area contributed by atoms with Crippen molar-refractivity contribution in [3.05, 3.63) is 65.5 Å². The molecule has 0 aliphatic rings. The van der Waals surface area contributed by atoms with Crippen molar-refractivity contribution in [3.63, 3.8) is 0 Å². The van der Waals surface area contributed by atoms with Crippen molar-refractivity contribution in [1.82, 2.24) is 4.98 Å². The zero-order valence-electron chi connectivity index (χ0n) is 10.7. The number of rotatable bonds is 4. The Kier molecular flexibility index (Phi) is 6.03. The van der Waals surface area contributed by atoms with Crippen molar-refractivity contribution < 1.29 is 9.53 Å². The van der Waals surface area contributed by atoms with Crippen molar-refractivity contribution in [2.45, 2.75) is 13.3 Å². The molecule has 100 valence electrons. The van der Waals surface area contributed by atoms with Crippen LogP contribution in [0.1, 0.15) is 28.5 Å². The van der Waals surface area contributed by atoms with Gasteiger partial charge in [0.2, 0.25) is 0 Å². The number of carbonyl (C=O) groups excluding carboxylic acids is 1. The first-order chi connectivity index (χ1) is 8.81. The minimum atomic E-state index is -0.357. The molecule has 0 bridgehead atoms. The summed E-state index contributed by atoms with van der Waals surface area (Å²) in [4.78, 5) is 15.9. The smallest absolute Gasteiger partial charge is 0.357 e. The lowest BCUT2D eigenvalue weighted by atomic mass is 10.0. The summed E-state index contributed by atoms with van der Waals surface area (Å²) in [5, 5.41) is 0. The van der Waals surface area contributed by atoms with Gasteiger partial charge in [0.1, 0.15) is 0 Å². The van der Waals surface area contributed by atoms with Crippen molar-refractivity contribution >= 4 is 18.4 Å². The molecule has 0 aliphatic carbocycles. The Morgan fingerprint density at radius 1 is 1.16 bits per heavy atom. The monoisotopic (exact) mass is 277 g/mol. The van der Waals surface area contributed by atoms with Crippen LogP contribution >= 0.6 is 12.4 Å². The molecule has 19 heavy (non-hydrogen) atoms. The highest BCUT2D eigenvalue weighted by molar-refractivity contribution is 5.88. The van der Waals surface area contributed by atoms with Gasteiger partial charge < -0.3 is 4.74 Å². The van der Waals surface area contributed by atoms with Gasteiger partial charge in [0.15, 0.2) is 5.69 Å². The Morgan fingerprint density at radius 2 is 1.89 bits per heavy atom. The number of aromatic nitrogens is 1. The third kappa shape index (κ3) is 4.07. The van der Waals surface area contributed by atoms with Crippen LogP contribution in [0.2, 0.25) is 0 Å². The van der Waals surface area contributed by atoms with Gasteiger partial charge in [-0.15, -0.1) is 12.4 Å². The molecule has 0 radical (unpaired) electrons. The molecular weight excluding hydrogens is 262 g/mol. The minimum absolute atomic E-state index is 0. The van der Waals surface area contributed by atoms with Gasteiger partial charge in [-0.05, 0) is 30.5 Å². The summed E-state index contributed by atoms with van der Waals surface area (Å²) >= 11 is 0. The van der Waals surface area contributed by atoms with Gasteiger partial charge >= 0.3 is 5.97 Å². The molecule has 1 aromatic heterocycles. The third-order valence-corrected chi connectivity index (χ3v) is 2.60. The van der Waals surface area contributed by atoms with E-state index in [1.807, 2.05) is 42.5 Å². The van der Waals surface area contributed by atoms with Gasteiger partial charge in [0.05, 0.1) is 6.61 Å². The number of hydrogen-bond donors (Lipinski definition) is 0. The van der Waals surface area contributed by atoms with E-state index < -0.39 is 0 Å². The number of ether oxygens (including phenoxy) is 1. The topological polar surface area (TPSA) is 39.2 Å². The second-order valence-electron chi connectivity index (χ2n) is 3.89. The first-order valence-electron chi connectivity index (χ1n) is 5.96. The van der Waals surface area contributed by atoms with Crippen LogP contribution in [-0.2, 0) is 11.2 Å². The van der Waals surface area contributed by atoms with Crippen molar-refractivity contribution in [2.24, 2.45) is 0 Å². The second kappa shape index (κ2) is 7.54. The van der Waals surface area contributed by atoms with E-state index in [0.717, 1.165) is 11.1 Å². The normalized spacial score (nSPS) is 9.53. The summed E-state index contributed by atoms with van der Waals surface area (Å²) in [6, 6.07) is 13.7. The van der Waals surface area contributed by atoms with Crippen molar-refractivity contribution in [3.8, 4) is 0 Å². The Balaban J connectivity index is 0.00000180. The molecule has 0 atom stereocenters. The number of hydrogen-bond acceptors (Lipinski definition) is 3. The second-order valence-corrected chi connectivity index (χ2v) is 3.89. The summed E-state index contributed by atoms with van der Waals surface area (Å²) in [7, 11) is 0. The number of esters is 1. The van der Waals surface area contributed by atoms with Crippen molar-refractivity contribution in [2.75, 3.05) is 6.61 Å². The van der Waals surface area contributed by atoms with E-state index in [2.05, 4.69) is 4.98 Å². The van der Waals surface area contributed by atoms with Crippen LogP contribution in [0.25, 0.3) is 0 Å². The fourth-order valence-electron chi connectivity index (χ4n) is 1.78. The summed E-state index contributed by atoms with van der Waals surface area (Å²) in [5.74, 6) is -0.357. The zero-order valence-corrected chi connectivity index (χ0v) is 11.5. The third-order valence-electron chi connectivity index (χ3n) is 2.60. The highest BCUT2D eigenvalue weighted by atomic mass is 35.5. The number of pyridine rings is 1. The van der Waals surface area contributed by atoms with Crippen LogP contribution in [0, 0.1) is 0 Å². The van der Waals surface area contributed by atoms with E-state index in [-0.39, 0.29) is 18.4 Å². The summed E-state index contributed by atoms with van der Waals surface area (Å²) in [5.41, 5.74) is 2.45.